The Morgan fingerprint density at radius 3 is 2.84 bits per heavy atom. The molecule has 0 N–H and O–H groups in total. The van der Waals surface area contributed by atoms with Gasteiger partial charge in [-0.1, -0.05) is 11.6 Å². The van der Waals surface area contributed by atoms with Crippen LogP contribution in [-0.4, -0.2) is 14.5 Å². The van der Waals surface area contributed by atoms with Crippen LogP contribution in [0.1, 0.15) is 5.82 Å². The van der Waals surface area contributed by atoms with Gasteiger partial charge in [0.15, 0.2) is 0 Å². The fourth-order valence-corrected chi connectivity index (χ4v) is 3.12. The third-order valence-corrected chi connectivity index (χ3v) is 4.01. The Morgan fingerprint density at radius 1 is 1.26 bits per heavy atom. The van der Waals surface area contributed by atoms with Gasteiger partial charge < -0.3 is 0 Å². The van der Waals surface area contributed by atoms with Gasteiger partial charge in [0.25, 0.3) is 0 Å². The molecule has 0 bridgehead atoms. The van der Waals surface area contributed by atoms with Gasteiger partial charge in [-0.05, 0) is 46.9 Å². The van der Waals surface area contributed by atoms with Crippen molar-refractivity contribution in [2.24, 2.45) is 0 Å². The smallest absolute Gasteiger partial charge is 0.129 e. The molecule has 0 fully saturated rings. The average molecular weight is 404 g/mol. The lowest BCUT2D eigenvalue weighted by atomic mass is 10.3. The van der Waals surface area contributed by atoms with Crippen LogP contribution in [0.3, 0.4) is 0 Å². The quantitative estimate of drug-likeness (QED) is 0.468. The second-order valence-corrected chi connectivity index (χ2v) is 5.88. The van der Waals surface area contributed by atoms with Gasteiger partial charge in [0, 0.05) is 9.77 Å². The summed E-state index contributed by atoms with van der Waals surface area (Å²) >= 11 is 14.6. The first-order valence-corrected chi connectivity index (χ1v) is 7.52. The van der Waals surface area contributed by atoms with Crippen LogP contribution in [0.2, 0.25) is 5.02 Å². The molecule has 2 aromatic heterocycles. The van der Waals surface area contributed by atoms with E-state index in [1.165, 1.54) is 0 Å². The highest BCUT2D eigenvalue weighted by atomic mass is 127. The van der Waals surface area contributed by atoms with E-state index in [9.17, 15) is 0 Å². The third-order valence-electron chi connectivity index (χ3n) is 2.80. The minimum absolute atomic E-state index is 0.316. The van der Waals surface area contributed by atoms with E-state index < -0.39 is 0 Å². The normalized spacial score (nSPS) is 11.1. The molecule has 0 atom stereocenters. The second-order valence-electron chi connectivity index (χ2n) is 3.96. The van der Waals surface area contributed by atoms with Crippen molar-refractivity contribution in [1.82, 2.24) is 14.5 Å². The Labute approximate surface area is 133 Å². The molecule has 3 aromatic rings. The predicted octanol–water partition coefficient (Wildman–Crippen LogP) is 4.42. The molecule has 0 unspecified atom stereocenters. The predicted molar refractivity (Wildman–Crippen MR) is 86.1 cm³/mol. The fraction of sp³-hybridized carbons (Fsp3) is 0.0769. The van der Waals surface area contributed by atoms with Gasteiger partial charge in [-0.2, -0.15) is 0 Å². The van der Waals surface area contributed by atoms with Crippen molar-refractivity contribution in [2.75, 3.05) is 0 Å². The van der Waals surface area contributed by atoms with Crippen LogP contribution in [0, 0.1) is 3.57 Å². The maximum Gasteiger partial charge on any atom is 0.129 e. The first-order chi connectivity index (χ1) is 9.20. The summed E-state index contributed by atoms with van der Waals surface area (Å²) in [4.78, 5) is 8.56. The summed E-state index contributed by atoms with van der Waals surface area (Å²) in [6.45, 7) is 0. The zero-order valence-corrected chi connectivity index (χ0v) is 13.3. The highest BCUT2D eigenvalue weighted by Crippen LogP contribution is 2.28. The van der Waals surface area contributed by atoms with Crippen molar-refractivity contribution in [2.45, 2.75) is 5.88 Å². The topological polar surface area (TPSA) is 30.7 Å². The minimum Gasteiger partial charge on any atom is -0.294 e. The number of pyridine rings is 1. The summed E-state index contributed by atoms with van der Waals surface area (Å²) in [6.07, 6.45) is 3.46. The Balaban J connectivity index is 2.34. The van der Waals surface area contributed by atoms with Crippen LogP contribution in [0.4, 0.5) is 0 Å². The average Bonchev–Trinajstić information content (AvgIpc) is 2.77. The number of alkyl halides is 1. The number of rotatable bonds is 2. The van der Waals surface area contributed by atoms with Crippen LogP contribution in [0.15, 0.2) is 36.7 Å². The molecule has 0 saturated carbocycles. The van der Waals surface area contributed by atoms with Crippen molar-refractivity contribution in [3.05, 3.63) is 51.1 Å². The van der Waals surface area contributed by atoms with E-state index in [4.69, 9.17) is 23.2 Å². The number of imidazole rings is 1. The lowest BCUT2D eigenvalue weighted by Gasteiger charge is -2.10. The van der Waals surface area contributed by atoms with E-state index in [2.05, 4.69) is 32.6 Å². The highest BCUT2D eigenvalue weighted by molar-refractivity contribution is 14.1. The zero-order chi connectivity index (χ0) is 13.4. The summed E-state index contributed by atoms with van der Waals surface area (Å²) in [6, 6.07) is 7.81. The fourth-order valence-electron chi connectivity index (χ4n) is 2.00. The Hall–Kier alpha value is -0.850. The summed E-state index contributed by atoms with van der Waals surface area (Å²) in [5, 5.41) is 0.675. The molecule has 3 nitrogen and oxygen atoms in total. The SMILES string of the molecule is ClCc1nc2cnccc2n1-c1ccc(I)cc1Cl. The lowest BCUT2D eigenvalue weighted by molar-refractivity contribution is 0.981. The van der Waals surface area contributed by atoms with Crippen molar-refractivity contribution in [3.8, 4) is 5.69 Å². The van der Waals surface area contributed by atoms with Gasteiger partial charge in [0.1, 0.15) is 11.3 Å². The van der Waals surface area contributed by atoms with Crippen molar-refractivity contribution < 1.29 is 0 Å². The van der Waals surface area contributed by atoms with Crippen molar-refractivity contribution >= 4 is 56.8 Å². The molecule has 6 heteroatoms. The third kappa shape index (κ3) is 2.32. The van der Waals surface area contributed by atoms with Gasteiger partial charge in [-0.15, -0.1) is 11.6 Å². The van der Waals surface area contributed by atoms with Crippen molar-refractivity contribution in [1.29, 1.82) is 0 Å². The molecular weight excluding hydrogens is 396 g/mol. The van der Waals surface area contributed by atoms with Crippen LogP contribution >= 0.6 is 45.8 Å². The summed E-state index contributed by atoms with van der Waals surface area (Å²) in [7, 11) is 0. The van der Waals surface area contributed by atoms with Crippen LogP contribution in [0.25, 0.3) is 16.7 Å². The van der Waals surface area contributed by atoms with Crippen molar-refractivity contribution in [3.63, 3.8) is 0 Å². The van der Waals surface area contributed by atoms with E-state index >= 15 is 0 Å². The number of aromatic nitrogens is 3. The van der Waals surface area contributed by atoms with Crippen LogP contribution < -0.4 is 0 Å². The molecule has 0 aliphatic carbocycles. The van der Waals surface area contributed by atoms with Gasteiger partial charge in [-0.25, -0.2) is 4.98 Å². The second kappa shape index (κ2) is 5.26. The molecule has 2 heterocycles. The number of benzene rings is 1. The van der Waals surface area contributed by atoms with Gasteiger partial charge >= 0.3 is 0 Å². The van der Waals surface area contributed by atoms with E-state index in [1.807, 2.05) is 28.8 Å². The molecule has 0 radical (unpaired) electrons. The first-order valence-electron chi connectivity index (χ1n) is 5.53. The van der Waals surface area contributed by atoms with Gasteiger partial charge in [0.05, 0.1) is 28.3 Å². The maximum atomic E-state index is 6.34. The molecule has 0 aliphatic heterocycles. The summed E-state index contributed by atoms with van der Waals surface area (Å²) in [5.74, 6) is 1.07. The number of fused-ring (bicyclic) bond motifs is 1. The number of halogens is 3. The van der Waals surface area contributed by atoms with E-state index in [-0.39, 0.29) is 0 Å². The Morgan fingerprint density at radius 2 is 2.11 bits per heavy atom. The molecular formula is C13H8Cl2IN3. The lowest BCUT2D eigenvalue weighted by Crippen LogP contribution is -2.00. The first kappa shape index (κ1) is 13.1. The van der Waals surface area contributed by atoms with Crippen LogP contribution in [-0.2, 0) is 5.88 Å². The molecule has 0 saturated heterocycles. The minimum atomic E-state index is 0.316. The number of nitrogens with zero attached hydrogens (tertiary/aromatic N) is 3. The number of hydrogen-bond acceptors (Lipinski definition) is 2. The van der Waals surface area contributed by atoms with E-state index in [0.29, 0.717) is 10.9 Å². The molecule has 3 rings (SSSR count). The molecule has 1 aromatic carbocycles. The standard InChI is InChI=1S/C13H8Cl2IN3/c14-6-13-18-10-7-17-4-3-12(10)19(13)11-2-1-8(16)5-9(11)15/h1-5,7H,6H2. The molecule has 96 valence electrons. The summed E-state index contributed by atoms with van der Waals surface area (Å²) in [5.41, 5.74) is 2.65. The van der Waals surface area contributed by atoms with E-state index in [1.54, 1.807) is 12.4 Å². The molecule has 0 aliphatic rings. The van der Waals surface area contributed by atoms with Gasteiger partial charge in [-0.3, -0.25) is 9.55 Å². The molecule has 0 amide bonds. The highest BCUT2D eigenvalue weighted by Gasteiger charge is 2.14. The molecule has 0 spiro atoms. The number of hydrogen-bond donors (Lipinski definition) is 0. The van der Waals surface area contributed by atoms with E-state index in [0.717, 1.165) is 26.1 Å². The molecule has 19 heavy (non-hydrogen) atoms. The monoisotopic (exact) mass is 403 g/mol. The zero-order valence-electron chi connectivity index (χ0n) is 9.65. The largest absolute Gasteiger partial charge is 0.294 e. The summed E-state index contributed by atoms with van der Waals surface area (Å²) < 4.78 is 3.06. The maximum absolute atomic E-state index is 6.34. The van der Waals surface area contributed by atoms with Gasteiger partial charge in [0.2, 0.25) is 0 Å². The Kier molecular flexibility index (Phi) is 3.64. The van der Waals surface area contributed by atoms with Crippen LogP contribution in [0.5, 0.6) is 0 Å². The Bertz CT molecular complexity index is 755.